The number of hydrogen-bond acceptors (Lipinski definition) is 28. The van der Waals surface area contributed by atoms with Gasteiger partial charge in [0.1, 0.15) is 115 Å². The fraction of sp³-hybridized carbons (Fsp3) is 0.913. The third-order valence-corrected chi connectivity index (χ3v) is 15.9. The number of rotatable bonds is 8. The van der Waals surface area contributed by atoms with Crippen LogP contribution in [0.5, 0.6) is 0 Å². The first kappa shape index (κ1) is 60.9. The lowest BCUT2D eigenvalue weighted by Crippen LogP contribution is -2.94. The Labute approximate surface area is 423 Å². The molecule has 0 radical (unpaired) electrons. The average Bonchev–Trinajstić information content (AvgIpc) is 3.40. The highest BCUT2D eigenvalue weighted by Crippen LogP contribution is 2.58. The van der Waals surface area contributed by atoms with Crippen LogP contribution in [-0.2, 0) is 52.6 Å². The third kappa shape index (κ3) is 9.86. The highest BCUT2D eigenvalue weighted by Gasteiger charge is 2.88. The molecular weight excluding hydrogens is 1000 g/mol. The standard InChI is InChI=1S/C46H74O28/c1-17-25(51)29(55)33(59)37(70-17)38(63)42(64,39-34(60)30(56)26(52)18(2)71-39)44(65)24(50)16-22(48)12-7-5-9-13-68-46(44,67)45(66,41-36(62)32(58)28(54)20(4)73-41)43(40-35(61)31(57)27(53)19(3)72-40)23(49)15-21(47)11-8-6-10-14-69-74-43/h17-20,25-41,51-67H,5-16H2,1-4H3/t17-,18-,19-,20-,25+,26+,27+,28+,29+,30+,31+,32+,33-,34-,35-,36-,37+,38?,39+,40+,41+,42-,43?,44+,45+,46+/m0/s1. The van der Waals surface area contributed by atoms with Crippen LogP contribution in [0.1, 0.15) is 91.9 Å². The highest BCUT2D eigenvalue weighted by atomic mass is 17.2. The Bertz CT molecular complexity index is 1980. The van der Waals surface area contributed by atoms with Gasteiger partial charge in [0.15, 0.2) is 22.8 Å². The quantitative estimate of drug-likeness (QED) is 0.0793. The first-order valence-electron chi connectivity index (χ1n) is 24.9. The molecule has 6 saturated heterocycles. The first-order chi connectivity index (χ1) is 34.4. The van der Waals surface area contributed by atoms with Crippen LogP contribution in [0.3, 0.4) is 0 Å². The molecule has 2 unspecified atom stereocenters. The van der Waals surface area contributed by atoms with Crippen molar-refractivity contribution in [2.45, 2.75) is 248 Å². The number of ketones is 4. The van der Waals surface area contributed by atoms with E-state index in [-0.39, 0.29) is 32.1 Å². The van der Waals surface area contributed by atoms with Crippen LogP contribution in [-0.4, -0.2) is 280 Å². The Balaban J connectivity index is 1.88. The van der Waals surface area contributed by atoms with E-state index in [2.05, 4.69) is 0 Å². The molecule has 28 heteroatoms. The van der Waals surface area contributed by atoms with Gasteiger partial charge in [-0.15, -0.1) is 0 Å². The molecule has 6 rings (SSSR count). The van der Waals surface area contributed by atoms with E-state index in [1.54, 1.807) is 0 Å². The monoisotopic (exact) mass is 1070 g/mol. The van der Waals surface area contributed by atoms with Crippen molar-refractivity contribution in [2.75, 3.05) is 13.2 Å². The summed E-state index contributed by atoms with van der Waals surface area (Å²) in [5.41, 5.74) is -19.1. The zero-order chi connectivity index (χ0) is 55.4. The zero-order valence-corrected chi connectivity index (χ0v) is 41.2. The van der Waals surface area contributed by atoms with Crippen molar-refractivity contribution >= 4 is 23.1 Å². The number of aliphatic hydroxyl groups excluding tert-OH is 13. The molecule has 17 N–H and O–H groups in total. The van der Waals surface area contributed by atoms with Crippen LogP contribution in [0.25, 0.3) is 0 Å². The number of aliphatic hydroxyl groups is 17. The lowest BCUT2D eigenvalue weighted by molar-refractivity contribution is -0.493. The number of carbonyl (C=O) groups is 4. The molecular formula is C46H74O28. The molecule has 6 aliphatic rings. The lowest BCUT2D eigenvalue weighted by Gasteiger charge is -2.65. The van der Waals surface area contributed by atoms with Crippen molar-refractivity contribution in [2.24, 2.45) is 0 Å². The van der Waals surface area contributed by atoms with Crippen LogP contribution >= 0.6 is 0 Å². The lowest BCUT2D eigenvalue weighted by atomic mass is 9.53. The fourth-order valence-electron chi connectivity index (χ4n) is 11.4. The summed E-state index contributed by atoms with van der Waals surface area (Å²) in [4.78, 5) is 71.0. The van der Waals surface area contributed by atoms with Crippen molar-refractivity contribution in [3.05, 3.63) is 0 Å². The molecule has 6 heterocycles. The minimum Gasteiger partial charge on any atom is -0.388 e. The van der Waals surface area contributed by atoms with E-state index in [9.17, 15) is 96.4 Å². The minimum absolute atomic E-state index is 0.0600. The van der Waals surface area contributed by atoms with Gasteiger partial charge in [-0.25, -0.2) is 9.78 Å². The van der Waals surface area contributed by atoms with Crippen molar-refractivity contribution in [3.8, 4) is 0 Å². The molecule has 6 fully saturated rings. The number of ether oxygens (including phenoxy) is 5. The van der Waals surface area contributed by atoms with Gasteiger partial charge in [-0.3, -0.25) is 19.2 Å². The maximum absolute atomic E-state index is 15.9. The predicted molar refractivity (Wildman–Crippen MR) is 237 cm³/mol. The summed E-state index contributed by atoms with van der Waals surface area (Å²) in [6, 6.07) is 0. The number of hydrogen-bond donors (Lipinski definition) is 17. The minimum atomic E-state index is -5.14. The maximum Gasteiger partial charge on any atom is 0.241 e. The maximum atomic E-state index is 15.9. The summed E-state index contributed by atoms with van der Waals surface area (Å²) in [6.07, 6.45) is -57.6. The SMILES string of the molecule is C[C@@H]1O[C@@H](C2([C@](O)([C@@H]3O[C@@H](C)[C@@H](O)[C@@H](O)[C@@H]3O)[C@]3(O)OCCCCCC(=O)CC(=O)[C@@]3(O)[C@](O)(C(O)[C@@H]3O[C@@H](C)[C@@H](O)[C@@H](O)[C@@H]3O)[C@@H]3O[C@@H](C)[C@@H](O)[C@@H](O)[C@@H]3O)OOCCCCCC(=O)CC2=O)[C@@H](O)[C@H](O)[C@@H]1O. The predicted octanol–water partition coefficient (Wildman–Crippen LogP) is -8.38. The van der Waals surface area contributed by atoms with Gasteiger partial charge < -0.3 is 110 Å². The van der Waals surface area contributed by atoms with Crippen LogP contribution in [0.2, 0.25) is 0 Å². The van der Waals surface area contributed by atoms with E-state index in [0.717, 1.165) is 27.7 Å². The zero-order valence-electron chi connectivity index (χ0n) is 41.2. The van der Waals surface area contributed by atoms with Gasteiger partial charge in [-0.2, -0.15) is 0 Å². The van der Waals surface area contributed by atoms with E-state index in [4.69, 9.17) is 33.5 Å². The fourth-order valence-corrected chi connectivity index (χ4v) is 11.4. The second-order valence-electron chi connectivity index (χ2n) is 20.8. The van der Waals surface area contributed by atoms with Crippen molar-refractivity contribution < 1.29 is 139 Å². The summed E-state index contributed by atoms with van der Waals surface area (Å²) in [7, 11) is 0. The van der Waals surface area contributed by atoms with Gasteiger partial charge in [0, 0.05) is 12.8 Å². The van der Waals surface area contributed by atoms with E-state index < -0.39 is 225 Å². The summed E-state index contributed by atoms with van der Waals surface area (Å²) in [5.74, 6) is -11.6. The van der Waals surface area contributed by atoms with Crippen molar-refractivity contribution in [3.63, 3.8) is 0 Å². The van der Waals surface area contributed by atoms with Gasteiger partial charge in [-0.1, -0.05) is 12.8 Å². The Kier molecular flexibility index (Phi) is 19.1. The van der Waals surface area contributed by atoms with Gasteiger partial charge in [0.25, 0.3) is 0 Å². The Morgan fingerprint density at radius 1 is 0.500 bits per heavy atom. The average molecular weight is 1080 g/mol. The largest absolute Gasteiger partial charge is 0.388 e. The summed E-state index contributed by atoms with van der Waals surface area (Å²) < 4.78 is 29.4. The summed E-state index contributed by atoms with van der Waals surface area (Å²) in [6.45, 7) is 2.19. The van der Waals surface area contributed by atoms with E-state index >= 15 is 9.59 Å². The summed E-state index contributed by atoms with van der Waals surface area (Å²) in [5, 5.41) is 207. The molecule has 426 valence electrons. The van der Waals surface area contributed by atoms with Crippen LogP contribution in [0.4, 0.5) is 0 Å². The second-order valence-corrected chi connectivity index (χ2v) is 20.8. The van der Waals surface area contributed by atoms with E-state index in [1.165, 1.54) is 0 Å². The molecule has 0 aromatic rings. The molecule has 0 saturated carbocycles. The molecule has 0 aromatic carbocycles. The molecule has 6 aliphatic heterocycles. The van der Waals surface area contributed by atoms with Crippen LogP contribution in [0.15, 0.2) is 0 Å². The van der Waals surface area contributed by atoms with Gasteiger partial charge >= 0.3 is 0 Å². The van der Waals surface area contributed by atoms with Crippen molar-refractivity contribution in [1.29, 1.82) is 0 Å². The van der Waals surface area contributed by atoms with Crippen LogP contribution < -0.4 is 0 Å². The van der Waals surface area contributed by atoms with Crippen molar-refractivity contribution in [1.82, 2.24) is 0 Å². The first-order valence-corrected chi connectivity index (χ1v) is 24.9. The number of carbonyl (C=O) groups excluding carboxylic acids is 4. The molecule has 0 amide bonds. The Hall–Kier alpha value is -2.28. The normalized spacial score (nSPS) is 49.4. The van der Waals surface area contributed by atoms with Crippen LogP contribution in [0, 0.1) is 0 Å². The third-order valence-electron chi connectivity index (χ3n) is 15.9. The molecule has 28 nitrogen and oxygen atoms in total. The Morgan fingerprint density at radius 3 is 1.47 bits per heavy atom. The summed E-state index contributed by atoms with van der Waals surface area (Å²) >= 11 is 0. The van der Waals surface area contributed by atoms with E-state index in [0.29, 0.717) is 0 Å². The van der Waals surface area contributed by atoms with Gasteiger partial charge in [-0.05, 0) is 53.4 Å². The molecule has 0 bridgehead atoms. The second kappa shape index (κ2) is 23.2. The molecule has 26 atom stereocenters. The smallest absolute Gasteiger partial charge is 0.241 e. The number of Topliss-reactive ketones (excluding diaryl/α,β-unsaturated/α-hetero) is 4. The highest BCUT2D eigenvalue weighted by molar-refractivity contribution is 6.06. The molecule has 0 aromatic heterocycles. The van der Waals surface area contributed by atoms with Gasteiger partial charge in [0.2, 0.25) is 17.0 Å². The Morgan fingerprint density at radius 2 is 0.932 bits per heavy atom. The molecule has 0 spiro atoms. The topological polar surface area (TPSA) is 477 Å². The van der Waals surface area contributed by atoms with E-state index in [1.807, 2.05) is 0 Å². The van der Waals surface area contributed by atoms with Gasteiger partial charge in [0.05, 0.1) is 50.5 Å². The molecule has 0 aliphatic carbocycles. The molecule has 74 heavy (non-hydrogen) atoms.